The summed E-state index contributed by atoms with van der Waals surface area (Å²) >= 11 is 0. The number of carbonyl (C=O) groups is 3. The Kier molecular flexibility index (Phi) is 6.45. The van der Waals surface area contributed by atoms with Gasteiger partial charge in [-0.1, -0.05) is 12.1 Å². The number of anilines is 1. The second-order valence-corrected chi connectivity index (χ2v) is 8.97. The standard InChI is InChI=1S/C22H31N3O6/c1-14(25(5)20(28)31-21(2,3)4)18(26)24-17-19(27)23-15-8-6-7-9-16(15)30-22(17)10-12-29-13-11-22/h6-9,14,17H,10-13H2,1-5H3,(H,23,27)(H,24,26)/t14-,17+/m0/s1. The van der Waals surface area contributed by atoms with Crippen molar-refractivity contribution in [3.8, 4) is 5.75 Å². The molecule has 9 nitrogen and oxygen atoms in total. The van der Waals surface area contributed by atoms with Gasteiger partial charge in [0, 0.05) is 19.9 Å². The summed E-state index contributed by atoms with van der Waals surface area (Å²) in [5, 5.41) is 5.67. The van der Waals surface area contributed by atoms with Gasteiger partial charge >= 0.3 is 6.09 Å². The average molecular weight is 434 g/mol. The summed E-state index contributed by atoms with van der Waals surface area (Å²) in [7, 11) is 1.49. The van der Waals surface area contributed by atoms with Gasteiger partial charge in [-0.15, -0.1) is 0 Å². The Morgan fingerprint density at radius 2 is 1.90 bits per heavy atom. The van der Waals surface area contributed by atoms with Gasteiger partial charge in [0.05, 0.1) is 18.9 Å². The minimum absolute atomic E-state index is 0.368. The smallest absolute Gasteiger partial charge is 0.410 e. The number of hydrogen-bond donors (Lipinski definition) is 2. The summed E-state index contributed by atoms with van der Waals surface area (Å²) in [6, 6.07) is 5.36. The van der Waals surface area contributed by atoms with E-state index in [0.717, 1.165) is 0 Å². The van der Waals surface area contributed by atoms with Crippen molar-refractivity contribution in [2.45, 2.75) is 63.8 Å². The normalized spacial score (nSPS) is 21.1. The predicted octanol–water partition coefficient (Wildman–Crippen LogP) is 2.31. The molecule has 2 heterocycles. The van der Waals surface area contributed by atoms with Gasteiger partial charge in [-0.25, -0.2) is 4.79 Å². The van der Waals surface area contributed by atoms with Crippen LogP contribution in [0.3, 0.4) is 0 Å². The van der Waals surface area contributed by atoms with Crippen molar-refractivity contribution >= 4 is 23.6 Å². The number of benzene rings is 1. The first-order chi connectivity index (χ1) is 14.5. The highest BCUT2D eigenvalue weighted by molar-refractivity contribution is 6.00. The molecule has 2 aliphatic heterocycles. The van der Waals surface area contributed by atoms with Crippen LogP contribution in [0.25, 0.3) is 0 Å². The van der Waals surface area contributed by atoms with E-state index < -0.39 is 35.3 Å². The summed E-state index contributed by atoms with van der Waals surface area (Å²) in [6.45, 7) is 7.67. The lowest BCUT2D eigenvalue weighted by atomic mass is 9.85. The fourth-order valence-electron chi connectivity index (χ4n) is 3.62. The van der Waals surface area contributed by atoms with Gasteiger partial charge in [-0.05, 0) is 39.8 Å². The van der Waals surface area contributed by atoms with Gasteiger partial charge in [-0.3, -0.25) is 14.5 Å². The molecule has 1 aromatic carbocycles. The van der Waals surface area contributed by atoms with Gasteiger partial charge in [-0.2, -0.15) is 0 Å². The fourth-order valence-corrected chi connectivity index (χ4v) is 3.62. The number of hydrogen-bond acceptors (Lipinski definition) is 6. The van der Waals surface area contributed by atoms with E-state index in [-0.39, 0.29) is 5.91 Å². The third-order valence-electron chi connectivity index (χ3n) is 5.51. The van der Waals surface area contributed by atoms with Gasteiger partial charge in [0.1, 0.15) is 29.0 Å². The maximum atomic E-state index is 13.1. The van der Waals surface area contributed by atoms with Crippen molar-refractivity contribution in [2.75, 3.05) is 25.6 Å². The molecule has 3 rings (SSSR count). The lowest BCUT2D eigenvalue weighted by Crippen LogP contribution is -2.64. The number of amides is 3. The Morgan fingerprint density at radius 3 is 2.55 bits per heavy atom. The molecule has 1 fully saturated rings. The molecule has 2 atom stereocenters. The van der Waals surface area contributed by atoms with Crippen LogP contribution < -0.4 is 15.4 Å². The van der Waals surface area contributed by atoms with Crippen molar-refractivity contribution in [3.05, 3.63) is 24.3 Å². The van der Waals surface area contributed by atoms with E-state index in [1.165, 1.54) is 11.9 Å². The molecule has 9 heteroatoms. The van der Waals surface area contributed by atoms with E-state index in [4.69, 9.17) is 14.2 Å². The van der Waals surface area contributed by atoms with Crippen molar-refractivity contribution < 1.29 is 28.6 Å². The molecule has 2 aliphatic rings. The molecule has 1 saturated heterocycles. The highest BCUT2D eigenvalue weighted by Crippen LogP contribution is 2.38. The van der Waals surface area contributed by atoms with Crippen LogP contribution in [0.2, 0.25) is 0 Å². The average Bonchev–Trinajstić information content (AvgIpc) is 2.81. The van der Waals surface area contributed by atoms with E-state index in [9.17, 15) is 14.4 Å². The Hall–Kier alpha value is -2.81. The number of para-hydroxylation sites is 2. The minimum atomic E-state index is -0.953. The largest absolute Gasteiger partial charge is 0.482 e. The Morgan fingerprint density at radius 1 is 1.26 bits per heavy atom. The van der Waals surface area contributed by atoms with Crippen molar-refractivity contribution in [3.63, 3.8) is 0 Å². The van der Waals surface area contributed by atoms with Crippen LogP contribution in [-0.4, -0.2) is 66.4 Å². The lowest BCUT2D eigenvalue weighted by Gasteiger charge is -2.41. The number of ether oxygens (including phenoxy) is 3. The van der Waals surface area contributed by atoms with Crippen molar-refractivity contribution in [2.24, 2.45) is 0 Å². The zero-order valence-corrected chi connectivity index (χ0v) is 18.7. The topological polar surface area (TPSA) is 106 Å². The molecule has 2 N–H and O–H groups in total. The first-order valence-corrected chi connectivity index (χ1v) is 10.5. The van der Waals surface area contributed by atoms with Crippen LogP contribution in [0.15, 0.2) is 24.3 Å². The predicted molar refractivity (Wildman–Crippen MR) is 114 cm³/mol. The number of fused-ring (bicyclic) bond motifs is 1. The molecule has 3 amide bonds. The molecule has 1 spiro atoms. The summed E-state index contributed by atoms with van der Waals surface area (Å²) in [5.41, 5.74) is -1.09. The summed E-state index contributed by atoms with van der Waals surface area (Å²) in [6.07, 6.45) is 0.260. The molecule has 0 saturated carbocycles. The molecule has 1 aromatic rings. The van der Waals surface area contributed by atoms with Crippen LogP contribution in [0.4, 0.5) is 10.5 Å². The zero-order valence-electron chi connectivity index (χ0n) is 18.7. The van der Waals surface area contributed by atoms with Gasteiger partial charge in [0.2, 0.25) is 5.91 Å². The third-order valence-corrected chi connectivity index (χ3v) is 5.51. The van der Waals surface area contributed by atoms with Gasteiger partial charge < -0.3 is 24.8 Å². The molecule has 170 valence electrons. The zero-order chi connectivity index (χ0) is 22.8. The van der Waals surface area contributed by atoms with Crippen molar-refractivity contribution in [1.82, 2.24) is 10.2 Å². The molecule has 0 unspecified atom stereocenters. The number of nitrogens with one attached hydrogen (secondary N) is 2. The van der Waals surface area contributed by atoms with E-state index in [1.807, 2.05) is 6.07 Å². The molecular weight excluding hydrogens is 402 g/mol. The Labute approximate surface area is 182 Å². The second-order valence-electron chi connectivity index (χ2n) is 8.97. The van der Waals surface area contributed by atoms with Crippen molar-refractivity contribution in [1.29, 1.82) is 0 Å². The molecule has 0 aromatic heterocycles. The fraction of sp³-hybridized carbons (Fsp3) is 0.591. The number of nitrogens with zero attached hydrogens (tertiary/aromatic N) is 1. The van der Waals surface area contributed by atoms with Crippen LogP contribution in [0.5, 0.6) is 5.75 Å². The van der Waals surface area contributed by atoms with Gasteiger partial charge in [0.15, 0.2) is 0 Å². The Bertz CT molecular complexity index is 844. The first-order valence-electron chi connectivity index (χ1n) is 10.5. The number of likely N-dealkylation sites (N-methyl/N-ethyl adjacent to an activating group) is 1. The molecule has 31 heavy (non-hydrogen) atoms. The van der Waals surface area contributed by atoms with E-state index in [2.05, 4.69) is 10.6 Å². The van der Waals surface area contributed by atoms with E-state index >= 15 is 0 Å². The van der Waals surface area contributed by atoms with Crippen LogP contribution in [-0.2, 0) is 19.1 Å². The van der Waals surface area contributed by atoms with Crippen LogP contribution in [0.1, 0.15) is 40.5 Å². The summed E-state index contributed by atoms with van der Waals surface area (Å²) in [4.78, 5) is 39.8. The lowest BCUT2D eigenvalue weighted by molar-refractivity contribution is -0.138. The van der Waals surface area contributed by atoms with E-state index in [0.29, 0.717) is 37.5 Å². The molecule has 0 aliphatic carbocycles. The van der Waals surface area contributed by atoms with E-state index in [1.54, 1.807) is 45.9 Å². The maximum Gasteiger partial charge on any atom is 0.410 e. The number of carbonyl (C=O) groups excluding carboxylic acids is 3. The van der Waals surface area contributed by atoms with Crippen LogP contribution in [0, 0.1) is 0 Å². The highest BCUT2D eigenvalue weighted by Gasteiger charge is 2.50. The monoisotopic (exact) mass is 433 g/mol. The highest BCUT2D eigenvalue weighted by atomic mass is 16.6. The number of rotatable bonds is 3. The Balaban J connectivity index is 1.81. The maximum absolute atomic E-state index is 13.1. The summed E-state index contributed by atoms with van der Waals surface area (Å²) in [5.74, 6) is -0.297. The SMILES string of the molecule is C[C@@H](C(=O)N[C@@H]1C(=O)Nc2ccccc2OC12CCOCC2)N(C)C(=O)OC(C)(C)C. The second kappa shape index (κ2) is 8.74. The molecule has 0 bridgehead atoms. The summed E-state index contributed by atoms with van der Waals surface area (Å²) < 4.78 is 17.2. The molecular formula is C22H31N3O6. The van der Waals surface area contributed by atoms with Crippen LogP contribution >= 0.6 is 0 Å². The molecule has 0 radical (unpaired) electrons. The third kappa shape index (κ3) is 5.10. The minimum Gasteiger partial charge on any atom is -0.482 e. The first kappa shape index (κ1) is 22.9. The van der Waals surface area contributed by atoms with Gasteiger partial charge in [0.25, 0.3) is 5.91 Å². The quantitative estimate of drug-likeness (QED) is 0.758.